The molecule has 0 amide bonds. The Hall–Kier alpha value is -13.5. The van der Waals surface area contributed by atoms with Crippen LogP contribution in [0.15, 0.2) is 413 Å². The largest absolute Gasteiger partial charge is 0.0622 e. The van der Waals surface area contributed by atoms with Crippen LogP contribution < -0.4 is 0 Å². The lowest BCUT2D eigenvalue weighted by atomic mass is 9.81. The quantitative estimate of drug-likeness (QED) is 0.120. The second-order valence-corrected chi connectivity index (χ2v) is 27.2. The normalized spacial score (nSPS) is 11.5. The molecule has 0 bridgehead atoms. The van der Waals surface area contributed by atoms with Crippen molar-refractivity contribution in [2.45, 2.75) is 0 Å². The van der Waals surface area contributed by atoms with Crippen molar-refractivity contribution in [1.29, 1.82) is 0 Å². The van der Waals surface area contributed by atoms with Gasteiger partial charge in [-0.15, -0.1) is 0 Å². The standard InChI is InChI=1S/C64H42.C40H26/c1-3-15-43(16-4-1)45-27-31-47(32-28-45)49-35-39-51(40-36-49)61-53-19-7-11-23-57(53)63(58-24-12-8-20-54(58)61)64-59-25-13-9-21-55(59)62(56-22-10-14-26-60(56)64)52-41-37-50(38-42-52)48-33-29-46(30-34-48)44-17-5-2-6-18-44;1-2-12-31-26-32(25-20-27(31)10-1)40-37-17-7-5-15-35(37)39(36-16-6-8-18-38(36)40)30-23-21-29(22-24-30)34-19-9-13-28-11-3-4-14-33(28)34/h1-42H;1-26H. The van der Waals surface area contributed by atoms with Gasteiger partial charge in [-0.1, -0.05) is 406 Å². The highest BCUT2D eigenvalue weighted by Crippen LogP contribution is 2.51. The molecule has 0 saturated carbocycles. The fourth-order valence-electron chi connectivity index (χ4n) is 16.4. The van der Waals surface area contributed by atoms with Gasteiger partial charge in [0.1, 0.15) is 0 Å². The van der Waals surface area contributed by atoms with Gasteiger partial charge in [0.2, 0.25) is 0 Å². The fraction of sp³-hybridized carbons (Fsp3) is 0. The molecule has 20 aromatic carbocycles. The fourth-order valence-corrected chi connectivity index (χ4v) is 16.4. The number of rotatable bonds is 10. The van der Waals surface area contributed by atoms with Crippen molar-refractivity contribution in [2.24, 2.45) is 0 Å². The molecule has 0 atom stereocenters. The maximum absolute atomic E-state index is 2.34. The Bertz CT molecular complexity index is 6200. The minimum absolute atomic E-state index is 1.21. The third-order valence-corrected chi connectivity index (χ3v) is 21.4. The third kappa shape index (κ3) is 11.1. The van der Waals surface area contributed by atoms with E-state index in [9.17, 15) is 0 Å². The molecule has 0 aliphatic rings. The maximum atomic E-state index is 2.34. The molecule has 0 nitrogen and oxygen atoms in total. The summed E-state index contributed by atoms with van der Waals surface area (Å²) in [5.74, 6) is 0. The van der Waals surface area contributed by atoms with Gasteiger partial charge in [0.25, 0.3) is 0 Å². The molecule has 484 valence electrons. The Morgan fingerprint density at radius 2 is 0.308 bits per heavy atom. The van der Waals surface area contributed by atoms with Crippen molar-refractivity contribution >= 4 is 86.2 Å². The predicted octanol–water partition coefficient (Wildman–Crippen LogP) is 29.3. The Labute approximate surface area is 606 Å². The molecule has 0 N–H and O–H groups in total. The summed E-state index contributed by atoms with van der Waals surface area (Å²) in [4.78, 5) is 0. The first-order chi connectivity index (χ1) is 51.6. The zero-order valence-corrected chi connectivity index (χ0v) is 57.3. The van der Waals surface area contributed by atoms with E-state index >= 15 is 0 Å². The van der Waals surface area contributed by atoms with Gasteiger partial charge in [-0.25, -0.2) is 0 Å². The van der Waals surface area contributed by atoms with E-state index in [1.807, 2.05) is 0 Å². The van der Waals surface area contributed by atoms with Crippen LogP contribution in [-0.4, -0.2) is 0 Å². The number of hydrogen-bond donors (Lipinski definition) is 0. The molecule has 0 saturated heterocycles. The summed E-state index contributed by atoms with van der Waals surface area (Å²) < 4.78 is 0. The van der Waals surface area contributed by atoms with E-state index in [4.69, 9.17) is 0 Å². The summed E-state index contributed by atoms with van der Waals surface area (Å²) in [7, 11) is 0. The average molecular weight is 1320 g/mol. The molecule has 0 aliphatic heterocycles. The molecular formula is C104H68. The van der Waals surface area contributed by atoms with Crippen molar-refractivity contribution in [2.75, 3.05) is 0 Å². The lowest BCUT2D eigenvalue weighted by Crippen LogP contribution is -1.94. The van der Waals surface area contributed by atoms with Crippen LogP contribution in [-0.2, 0) is 0 Å². The molecule has 0 spiro atoms. The molecule has 20 rings (SSSR count). The summed E-state index contributed by atoms with van der Waals surface area (Å²) >= 11 is 0. The first kappa shape index (κ1) is 61.6. The van der Waals surface area contributed by atoms with Crippen LogP contribution in [0.3, 0.4) is 0 Å². The van der Waals surface area contributed by atoms with Crippen molar-refractivity contribution < 1.29 is 0 Å². The lowest BCUT2D eigenvalue weighted by Gasteiger charge is -2.22. The molecular weight excluding hydrogens is 1250 g/mol. The second-order valence-electron chi connectivity index (χ2n) is 27.2. The van der Waals surface area contributed by atoms with Gasteiger partial charge in [-0.05, 0) is 204 Å². The summed E-state index contributed by atoms with van der Waals surface area (Å²) in [6, 6.07) is 151. The van der Waals surface area contributed by atoms with Gasteiger partial charge in [0, 0.05) is 0 Å². The van der Waals surface area contributed by atoms with E-state index in [0.29, 0.717) is 0 Å². The second kappa shape index (κ2) is 26.5. The molecule has 20 aromatic rings. The maximum Gasteiger partial charge on any atom is -0.00139 e. The van der Waals surface area contributed by atoms with Crippen LogP contribution in [0.25, 0.3) is 197 Å². The van der Waals surface area contributed by atoms with E-state index in [1.165, 1.54) is 197 Å². The summed E-state index contributed by atoms with van der Waals surface area (Å²) in [5.41, 5.74) is 24.9. The molecule has 0 aromatic heterocycles. The minimum atomic E-state index is 1.21. The lowest BCUT2D eigenvalue weighted by molar-refractivity contribution is 1.59. The average Bonchev–Trinajstić information content (AvgIpc) is 0.713. The van der Waals surface area contributed by atoms with Crippen LogP contribution in [0, 0.1) is 0 Å². The zero-order valence-electron chi connectivity index (χ0n) is 57.3. The Morgan fingerprint density at radius 1 is 0.0962 bits per heavy atom. The van der Waals surface area contributed by atoms with Crippen molar-refractivity contribution in [1.82, 2.24) is 0 Å². The third-order valence-electron chi connectivity index (χ3n) is 21.4. The molecule has 0 heteroatoms. The first-order valence-corrected chi connectivity index (χ1v) is 36.0. The van der Waals surface area contributed by atoms with E-state index in [0.717, 1.165) is 0 Å². The molecule has 0 unspecified atom stereocenters. The summed E-state index contributed by atoms with van der Waals surface area (Å²) in [5, 5.41) is 20.2. The van der Waals surface area contributed by atoms with Crippen LogP contribution in [0.1, 0.15) is 0 Å². The number of benzene rings is 20. The highest BCUT2D eigenvalue weighted by molar-refractivity contribution is 6.30. The Morgan fingerprint density at radius 3 is 0.635 bits per heavy atom. The SMILES string of the molecule is c1ccc(-c2ccc(-c3ccc(-c4c5ccccc5c(-c5c6ccccc6c(-c6ccc(-c7ccc(-c8ccccc8)cc7)cc6)c6ccccc56)c5ccccc45)cc3)cc2)cc1.c1ccc2cc(-c3c4ccccc4c(-c4ccc(-c5cccc6ccccc56)cc4)c4ccccc34)ccc2c1. The van der Waals surface area contributed by atoms with Crippen molar-refractivity contribution in [3.05, 3.63) is 413 Å². The minimum Gasteiger partial charge on any atom is -0.0622 e. The van der Waals surface area contributed by atoms with E-state index < -0.39 is 0 Å². The topological polar surface area (TPSA) is 0 Å². The highest BCUT2D eigenvalue weighted by atomic mass is 14.3. The molecule has 104 heavy (non-hydrogen) atoms. The smallest absolute Gasteiger partial charge is 0.00139 e. The van der Waals surface area contributed by atoms with Gasteiger partial charge in [0.15, 0.2) is 0 Å². The molecule has 0 radical (unpaired) electrons. The Kier molecular flexibility index (Phi) is 15.7. The van der Waals surface area contributed by atoms with Gasteiger partial charge in [-0.3, -0.25) is 0 Å². The summed E-state index contributed by atoms with van der Waals surface area (Å²) in [6.07, 6.45) is 0. The van der Waals surface area contributed by atoms with Crippen LogP contribution in [0.5, 0.6) is 0 Å². The van der Waals surface area contributed by atoms with E-state index in [-0.39, 0.29) is 0 Å². The van der Waals surface area contributed by atoms with Gasteiger partial charge in [0.05, 0.1) is 0 Å². The molecule has 0 fully saturated rings. The molecule has 0 aliphatic carbocycles. The first-order valence-electron chi connectivity index (χ1n) is 36.0. The van der Waals surface area contributed by atoms with Crippen LogP contribution in [0.2, 0.25) is 0 Å². The van der Waals surface area contributed by atoms with E-state index in [1.54, 1.807) is 0 Å². The number of hydrogen-bond acceptors (Lipinski definition) is 0. The highest BCUT2D eigenvalue weighted by Gasteiger charge is 2.24. The van der Waals surface area contributed by atoms with E-state index in [2.05, 4.69) is 413 Å². The van der Waals surface area contributed by atoms with Crippen LogP contribution in [0.4, 0.5) is 0 Å². The Balaban J connectivity index is 0.000000159. The zero-order chi connectivity index (χ0) is 68.9. The van der Waals surface area contributed by atoms with Crippen molar-refractivity contribution in [3.63, 3.8) is 0 Å². The summed E-state index contributed by atoms with van der Waals surface area (Å²) in [6.45, 7) is 0. The van der Waals surface area contributed by atoms with Crippen molar-refractivity contribution in [3.8, 4) is 111 Å². The monoisotopic (exact) mass is 1320 g/mol. The number of fused-ring (bicyclic) bond motifs is 8. The predicted molar refractivity (Wildman–Crippen MR) is 447 cm³/mol. The van der Waals surface area contributed by atoms with Gasteiger partial charge >= 0.3 is 0 Å². The van der Waals surface area contributed by atoms with Gasteiger partial charge in [-0.2, -0.15) is 0 Å². The molecule has 0 heterocycles. The van der Waals surface area contributed by atoms with Gasteiger partial charge < -0.3 is 0 Å². The van der Waals surface area contributed by atoms with Crippen LogP contribution >= 0.6 is 0 Å².